The van der Waals surface area contributed by atoms with Gasteiger partial charge in [-0.15, -0.1) is 0 Å². The SMILES string of the molecule is Cc1ccc(CN(CC(N)=O)S(=O)(=O)c2ccc(Cl)cc2)cc1. The molecule has 0 bridgehead atoms. The molecule has 0 aromatic heterocycles. The van der Waals surface area contributed by atoms with Crippen molar-refractivity contribution in [2.45, 2.75) is 18.4 Å². The van der Waals surface area contributed by atoms with E-state index in [9.17, 15) is 13.2 Å². The van der Waals surface area contributed by atoms with Crippen molar-refractivity contribution < 1.29 is 13.2 Å². The van der Waals surface area contributed by atoms with Gasteiger partial charge in [0, 0.05) is 11.6 Å². The average molecular weight is 353 g/mol. The van der Waals surface area contributed by atoms with Crippen LogP contribution in [0, 0.1) is 6.92 Å². The van der Waals surface area contributed by atoms with Gasteiger partial charge >= 0.3 is 0 Å². The number of halogens is 1. The number of carbonyl (C=O) groups is 1. The van der Waals surface area contributed by atoms with E-state index in [2.05, 4.69) is 0 Å². The number of aryl methyl sites for hydroxylation is 1. The first-order valence-corrected chi connectivity index (χ1v) is 8.70. The molecule has 0 saturated heterocycles. The number of hydrogen-bond donors (Lipinski definition) is 1. The minimum atomic E-state index is -3.85. The molecule has 122 valence electrons. The van der Waals surface area contributed by atoms with Crippen LogP contribution in [0.25, 0.3) is 0 Å². The maximum atomic E-state index is 12.7. The molecule has 0 unspecified atom stereocenters. The van der Waals surface area contributed by atoms with Gasteiger partial charge in [0.2, 0.25) is 15.9 Å². The normalized spacial score (nSPS) is 11.6. The smallest absolute Gasteiger partial charge is 0.243 e. The van der Waals surface area contributed by atoms with Crippen LogP contribution < -0.4 is 5.73 Å². The molecule has 0 aliphatic rings. The van der Waals surface area contributed by atoms with E-state index in [0.29, 0.717) is 5.02 Å². The Balaban J connectivity index is 2.34. The number of amides is 1. The van der Waals surface area contributed by atoms with Crippen molar-refractivity contribution in [3.05, 3.63) is 64.7 Å². The van der Waals surface area contributed by atoms with Crippen LogP contribution in [0.5, 0.6) is 0 Å². The number of primary amides is 1. The second kappa shape index (κ2) is 7.12. The quantitative estimate of drug-likeness (QED) is 0.866. The van der Waals surface area contributed by atoms with Crippen LogP contribution in [0.1, 0.15) is 11.1 Å². The Kier molecular flexibility index (Phi) is 5.41. The topological polar surface area (TPSA) is 80.5 Å². The minimum Gasteiger partial charge on any atom is -0.369 e. The molecule has 0 atom stereocenters. The lowest BCUT2D eigenvalue weighted by Crippen LogP contribution is -2.38. The molecule has 2 aromatic rings. The molecule has 5 nitrogen and oxygen atoms in total. The first-order valence-electron chi connectivity index (χ1n) is 6.88. The summed E-state index contributed by atoms with van der Waals surface area (Å²) in [4.78, 5) is 11.3. The molecule has 2 rings (SSSR count). The summed E-state index contributed by atoms with van der Waals surface area (Å²) in [6.07, 6.45) is 0. The second-order valence-corrected chi connectivity index (χ2v) is 7.55. The van der Waals surface area contributed by atoms with E-state index in [1.807, 2.05) is 31.2 Å². The molecule has 0 aliphatic heterocycles. The van der Waals surface area contributed by atoms with Crippen molar-refractivity contribution in [3.8, 4) is 0 Å². The highest BCUT2D eigenvalue weighted by atomic mass is 35.5. The summed E-state index contributed by atoms with van der Waals surface area (Å²) in [7, 11) is -3.85. The minimum absolute atomic E-state index is 0.0637. The molecule has 1 amide bonds. The molecule has 0 fully saturated rings. The van der Waals surface area contributed by atoms with Crippen LogP contribution in [0.2, 0.25) is 5.02 Å². The van der Waals surface area contributed by atoms with Crippen molar-refractivity contribution in [2.75, 3.05) is 6.54 Å². The predicted molar refractivity (Wildman–Crippen MR) is 89.4 cm³/mol. The molecule has 0 aliphatic carbocycles. The van der Waals surface area contributed by atoms with Gasteiger partial charge in [0.1, 0.15) is 0 Å². The van der Waals surface area contributed by atoms with Crippen LogP contribution in [0.15, 0.2) is 53.4 Å². The van der Waals surface area contributed by atoms with Crippen molar-refractivity contribution in [1.82, 2.24) is 4.31 Å². The van der Waals surface area contributed by atoms with Crippen LogP contribution in [0.4, 0.5) is 0 Å². The Morgan fingerprint density at radius 1 is 1.09 bits per heavy atom. The summed E-state index contributed by atoms with van der Waals surface area (Å²) in [6.45, 7) is 1.61. The van der Waals surface area contributed by atoms with E-state index in [1.165, 1.54) is 24.3 Å². The molecule has 0 spiro atoms. The molecule has 23 heavy (non-hydrogen) atoms. The summed E-state index contributed by atoms with van der Waals surface area (Å²) in [5, 5.41) is 0.434. The summed E-state index contributed by atoms with van der Waals surface area (Å²) in [5.41, 5.74) is 7.04. The van der Waals surface area contributed by atoms with E-state index >= 15 is 0 Å². The standard InChI is InChI=1S/C16H17ClN2O3S/c1-12-2-4-13(5-3-12)10-19(11-16(18)20)23(21,22)15-8-6-14(17)7-9-15/h2-9H,10-11H2,1H3,(H2,18,20). The Hall–Kier alpha value is -1.89. The molecule has 0 heterocycles. The van der Waals surface area contributed by atoms with Crippen molar-refractivity contribution in [2.24, 2.45) is 5.73 Å². The van der Waals surface area contributed by atoms with Gasteiger partial charge in [0.15, 0.2) is 0 Å². The zero-order valence-electron chi connectivity index (χ0n) is 12.6. The van der Waals surface area contributed by atoms with Crippen molar-refractivity contribution >= 4 is 27.5 Å². The predicted octanol–water partition coefficient (Wildman–Crippen LogP) is 2.32. The number of rotatable bonds is 6. The highest BCUT2D eigenvalue weighted by Gasteiger charge is 2.26. The van der Waals surface area contributed by atoms with Gasteiger partial charge in [0.05, 0.1) is 11.4 Å². The molecular formula is C16H17ClN2O3S. The maximum absolute atomic E-state index is 12.7. The molecule has 7 heteroatoms. The number of hydrogen-bond acceptors (Lipinski definition) is 3. The van der Waals surface area contributed by atoms with Crippen LogP contribution in [-0.2, 0) is 21.4 Å². The van der Waals surface area contributed by atoms with Gasteiger partial charge in [-0.1, -0.05) is 41.4 Å². The Bertz CT molecular complexity index is 787. The van der Waals surface area contributed by atoms with Crippen LogP contribution in [-0.4, -0.2) is 25.2 Å². The van der Waals surface area contributed by atoms with E-state index < -0.39 is 22.5 Å². The van der Waals surface area contributed by atoms with Gasteiger partial charge in [0.25, 0.3) is 0 Å². The fraction of sp³-hybridized carbons (Fsp3) is 0.188. The average Bonchev–Trinajstić information content (AvgIpc) is 2.49. The fourth-order valence-corrected chi connectivity index (χ4v) is 3.57. The number of nitrogens with zero attached hydrogens (tertiary/aromatic N) is 1. The number of benzene rings is 2. The van der Waals surface area contributed by atoms with Gasteiger partial charge in [-0.25, -0.2) is 8.42 Å². The van der Waals surface area contributed by atoms with Crippen molar-refractivity contribution in [3.63, 3.8) is 0 Å². The van der Waals surface area contributed by atoms with Gasteiger partial charge < -0.3 is 5.73 Å². The summed E-state index contributed by atoms with van der Waals surface area (Å²) in [6, 6.07) is 13.2. The highest BCUT2D eigenvalue weighted by molar-refractivity contribution is 7.89. The fourth-order valence-electron chi connectivity index (χ4n) is 2.05. The van der Waals surface area contributed by atoms with Crippen LogP contribution in [0.3, 0.4) is 0 Å². The third-order valence-electron chi connectivity index (χ3n) is 3.26. The largest absolute Gasteiger partial charge is 0.369 e. The third kappa shape index (κ3) is 4.54. The monoisotopic (exact) mass is 352 g/mol. The summed E-state index contributed by atoms with van der Waals surface area (Å²) >= 11 is 5.79. The first-order chi connectivity index (χ1) is 10.8. The molecule has 0 radical (unpaired) electrons. The van der Waals surface area contributed by atoms with E-state index in [1.54, 1.807) is 0 Å². The Labute approximate surface area is 140 Å². The maximum Gasteiger partial charge on any atom is 0.243 e. The Morgan fingerprint density at radius 3 is 2.17 bits per heavy atom. The van der Waals surface area contributed by atoms with Gasteiger partial charge in [-0.05, 0) is 36.8 Å². The lowest BCUT2D eigenvalue weighted by atomic mass is 10.1. The van der Waals surface area contributed by atoms with Gasteiger partial charge in [-0.3, -0.25) is 4.79 Å². The molecule has 2 N–H and O–H groups in total. The zero-order valence-corrected chi connectivity index (χ0v) is 14.1. The summed E-state index contributed by atoms with van der Waals surface area (Å²) < 4.78 is 26.5. The first kappa shape index (κ1) is 17.5. The van der Waals surface area contributed by atoms with Crippen LogP contribution >= 0.6 is 11.6 Å². The third-order valence-corrected chi connectivity index (χ3v) is 5.32. The lowest BCUT2D eigenvalue weighted by Gasteiger charge is -2.21. The van der Waals surface area contributed by atoms with E-state index in [-0.39, 0.29) is 11.4 Å². The van der Waals surface area contributed by atoms with Gasteiger partial charge in [-0.2, -0.15) is 4.31 Å². The lowest BCUT2D eigenvalue weighted by molar-refractivity contribution is -0.118. The molecule has 2 aromatic carbocycles. The van der Waals surface area contributed by atoms with E-state index in [4.69, 9.17) is 17.3 Å². The molecular weight excluding hydrogens is 336 g/mol. The van der Waals surface area contributed by atoms with E-state index in [0.717, 1.165) is 15.4 Å². The summed E-state index contributed by atoms with van der Waals surface area (Å²) in [5.74, 6) is -0.713. The second-order valence-electron chi connectivity index (χ2n) is 5.18. The zero-order chi connectivity index (χ0) is 17.0. The molecule has 0 saturated carbocycles. The number of nitrogens with two attached hydrogens (primary N) is 1. The van der Waals surface area contributed by atoms with Crippen molar-refractivity contribution in [1.29, 1.82) is 0 Å². The Morgan fingerprint density at radius 2 is 1.65 bits per heavy atom. The highest BCUT2D eigenvalue weighted by Crippen LogP contribution is 2.20. The number of carbonyl (C=O) groups excluding carboxylic acids is 1. The number of sulfonamides is 1.